The molecule has 0 aliphatic rings. The van der Waals surface area contributed by atoms with Gasteiger partial charge < -0.3 is 29.9 Å². The van der Waals surface area contributed by atoms with Crippen LogP contribution >= 0.6 is 0 Å². The molecular weight excluding hydrogens is 725 g/mol. The Hall–Kier alpha value is -4.68. The lowest BCUT2D eigenvalue weighted by Crippen LogP contribution is -2.31. The Morgan fingerprint density at radius 1 is 0.386 bits per heavy atom. The van der Waals surface area contributed by atoms with E-state index in [4.69, 9.17) is 9.47 Å². The van der Waals surface area contributed by atoms with E-state index in [1.165, 1.54) is 55.4 Å². The number of hydrogen-bond acceptors (Lipinski definition) is 10. The fourth-order valence-electron chi connectivity index (χ4n) is 6.20. The molecule has 0 heterocycles. The van der Waals surface area contributed by atoms with Gasteiger partial charge in [-0.05, 0) is 96.9 Å². The van der Waals surface area contributed by atoms with Gasteiger partial charge in [-0.1, -0.05) is 97.1 Å². The highest BCUT2D eigenvalue weighted by Gasteiger charge is 2.29. The van der Waals surface area contributed by atoms with E-state index < -0.39 is 57.7 Å². The van der Waals surface area contributed by atoms with Crippen molar-refractivity contribution in [2.75, 3.05) is 13.2 Å². The number of carbonyl (C=O) groups is 4. The fraction of sp³-hybridized carbons (Fsp3) is 0.404. The third kappa shape index (κ3) is 12.2. The fourth-order valence-corrected chi connectivity index (χ4v) is 6.20. The highest BCUT2D eigenvalue weighted by atomic mass is 16.5. The second kappa shape index (κ2) is 18.3. The van der Waals surface area contributed by atoms with Crippen LogP contribution in [0.25, 0.3) is 0 Å². The lowest BCUT2D eigenvalue weighted by molar-refractivity contribution is 0.0487. The van der Waals surface area contributed by atoms with E-state index in [2.05, 4.69) is 0 Å². The predicted octanol–water partition coefficient (Wildman–Crippen LogP) is 7.58. The van der Waals surface area contributed by atoms with Crippen LogP contribution in [0, 0.1) is 0 Å². The summed E-state index contributed by atoms with van der Waals surface area (Å²) in [5.74, 6) is -1.61. The Labute approximate surface area is 335 Å². The maximum absolute atomic E-state index is 12.7. The number of unbranched alkanes of at least 4 members (excludes halogenated alkanes) is 2. The summed E-state index contributed by atoms with van der Waals surface area (Å²) >= 11 is 0. The third-order valence-corrected chi connectivity index (χ3v) is 9.48. The van der Waals surface area contributed by atoms with Gasteiger partial charge >= 0.3 is 0 Å². The quantitative estimate of drug-likeness (QED) is 0.0519. The van der Waals surface area contributed by atoms with Gasteiger partial charge in [-0.15, -0.1) is 0 Å². The number of Topliss-reactive ketones (excluding diaryl/α,β-unsaturated/α-hetero) is 4. The normalized spacial score (nSPS) is 12.6. The van der Waals surface area contributed by atoms with Gasteiger partial charge in [-0.3, -0.25) is 19.2 Å². The highest BCUT2D eigenvalue weighted by Crippen LogP contribution is 2.31. The van der Waals surface area contributed by atoms with Crippen molar-refractivity contribution >= 4 is 23.1 Å². The zero-order chi connectivity index (χ0) is 42.3. The van der Waals surface area contributed by atoms with E-state index in [-0.39, 0.29) is 0 Å². The maximum Gasteiger partial charge on any atom is 0.193 e. The van der Waals surface area contributed by atoms with E-state index in [0.717, 1.165) is 28.7 Å². The standard InChI is InChI=1S/C47H56O10/c1-44(2,52)40(48)34-20-12-30(13-21-34)38(31-14-22-35(23-15-31)41(49)45(3,4)53)56-28-10-9-11-29-57-39(32-16-24-36(25-17-32)42(50)46(5,6)54)33-18-26-37(27-19-33)43(51)47(7,8)55/h12-27,38-39,52-55H,9-11,28-29H2,1-8H3. The topological polar surface area (TPSA) is 168 Å². The molecule has 0 fully saturated rings. The molecule has 0 saturated heterocycles. The molecule has 10 nitrogen and oxygen atoms in total. The number of aliphatic hydroxyl groups is 4. The SMILES string of the molecule is CC(C)(O)C(=O)c1ccc(C(OCCCCCOC(c2ccc(C(=O)C(C)(C)O)cc2)c2ccc(C(=O)C(C)(C)O)cc2)c2ccc(C(=O)C(C)(C)O)cc2)cc1. The number of ether oxygens (including phenoxy) is 2. The van der Waals surface area contributed by atoms with Crippen molar-refractivity contribution < 1.29 is 49.1 Å². The van der Waals surface area contributed by atoms with Gasteiger partial charge in [-0.2, -0.15) is 0 Å². The first-order chi connectivity index (χ1) is 26.5. The van der Waals surface area contributed by atoms with Gasteiger partial charge in [0.05, 0.1) is 0 Å². The van der Waals surface area contributed by atoms with Crippen LogP contribution in [0.4, 0.5) is 0 Å². The molecule has 0 spiro atoms. The van der Waals surface area contributed by atoms with Crippen LogP contribution in [0.1, 0.15) is 151 Å². The average Bonchev–Trinajstić information content (AvgIpc) is 3.15. The Balaban J connectivity index is 1.45. The monoisotopic (exact) mass is 780 g/mol. The van der Waals surface area contributed by atoms with Gasteiger partial charge in [-0.25, -0.2) is 0 Å². The van der Waals surface area contributed by atoms with Crippen molar-refractivity contribution in [3.05, 3.63) is 142 Å². The maximum atomic E-state index is 12.7. The number of ketones is 4. The highest BCUT2D eigenvalue weighted by molar-refractivity contribution is 6.03. The molecule has 57 heavy (non-hydrogen) atoms. The van der Waals surface area contributed by atoms with Crippen LogP contribution in [0.15, 0.2) is 97.1 Å². The van der Waals surface area contributed by atoms with Crippen molar-refractivity contribution in [1.29, 1.82) is 0 Å². The Morgan fingerprint density at radius 2 is 0.579 bits per heavy atom. The van der Waals surface area contributed by atoms with Gasteiger partial charge in [0.2, 0.25) is 0 Å². The molecule has 0 atom stereocenters. The summed E-state index contributed by atoms with van der Waals surface area (Å²) in [6.07, 6.45) is 1.09. The van der Waals surface area contributed by atoms with Crippen molar-refractivity contribution in [3.8, 4) is 0 Å². The third-order valence-electron chi connectivity index (χ3n) is 9.48. The van der Waals surface area contributed by atoms with Gasteiger partial charge in [0.1, 0.15) is 34.6 Å². The molecule has 4 aromatic rings. The van der Waals surface area contributed by atoms with Crippen LogP contribution < -0.4 is 0 Å². The summed E-state index contributed by atoms with van der Waals surface area (Å²) in [6.45, 7) is 12.3. The number of carbonyl (C=O) groups excluding carboxylic acids is 4. The molecule has 4 aromatic carbocycles. The number of benzene rings is 4. The Bertz CT molecular complexity index is 1700. The van der Waals surface area contributed by atoms with Gasteiger partial charge in [0.15, 0.2) is 23.1 Å². The largest absolute Gasteiger partial charge is 0.382 e. The summed E-state index contributed by atoms with van der Waals surface area (Å²) in [6, 6.07) is 27.5. The first-order valence-electron chi connectivity index (χ1n) is 19.2. The van der Waals surface area contributed by atoms with Crippen molar-refractivity contribution in [2.45, 2.75) is 109 Å². The molecule has 4 N–H and O–H groups in total. The zero-order valence-electron chi connectivity index (χ0n) is 34.2. The van der Waals surface area contributed by atoms with Crippen molar-refractivity contribution in [3.63, 3.8) is 0 Å². The molecule has 4 rings (SSSR count). The predicted molar refractivity (Wildman–Crippen MR) is 218 cm³/mol. The molecule has 0 saturated carbocycles. The minimum atomic E-state index is -1.52. The summed E-state index contributed by atoms with van der Waals surface area (Å²) < 4.78 is 12.8. The summed E-state index contributed by atoms with van der Waals surface area (Å²) in [5, 5.41) is 40.9. The van der Waals surface area contributed by atoms with Crippen LogP contribution in [-0.4, -0.2) is 79.2 Å². The molecule has 0 unspecified atom stereocenters. The molecule has 10 heteroatoms. The number of hydrogen-bond donors (Lipinski definition) is 4. The van der Waals surface area contributed by atoms with Crippen LogP contribution in [0.2, 0.25) is 0 Å². The Kier molecular flexibility index (Phi) is 14.4. The van der Waals surface area contributed by atoms with E-state index in [1.807, 2.05) is 0 Å². The first kappa shape index (κ1) is 45.0. The molecule has 0 aromatic heterocycles. The zero-order valence-corrected chi connectivity index (χ0v) is 34.2. The smallest absolute Gasteiger partial charge is 0.193 e. The summed E-state index contributed by atoms with van der Waals surface area (Å²) in [7, 11) is 0. The van der Waals surface area contributed by atoms with Crippen LogP contribution in [0.5, 0.6) is 0 Å². The minimum Gasteiger partial charge on any atom is -0.382 e. The second-order valence-electron chi connectivity index (χ2n) is 16.6. The minimum absolute atomic E-state index is 0.367. The molecule has 0 radical (unpaired) electrons. The molecule has 0 aliphatic heterocycles. The molecular formula is C47H56O10. The van der Waals surface area contributed by atoms with E-state index >= 15 is 0 Å². The van der Waals surface area contributed by atoms with Crippen LogP contribution in [0.3, 0.4) is 0 Å². The Morgan fingerprint density at radius 3 is 0.754 bits per heavy atom. The van der Waals surface area contributed by atoms with E-state index in [1.54, 1.807) is 97.1 Å². The molecule has 0 amide bonds. The lowest BCUT2D eigenvalue weighted by Gasteiger charge is -2.22. The number of rotatable bonds is 20. The summed E-state index contributed by atoms with van der Waals surface area (Å²) in [5.41, 5.74) is -1.49. The van der Waals surface area contributed by atoms with E-state index in [0.29, 0.717) is 48.3 Å². The van der Waals surface area contributed by atoms with Crippen molar-refractivity contribution in [1.82, 2.24) is 0 Å². The van der Waals surface area contributed by atoms with Crippen LogP contribution in [-0.2, 0) is 9.47 Å². The second-order valence-corrected chi connectivity index (χ2v) is 16.6. The molecule has 0 aliphatic carbocycles. The lowest BCUT2D eigenvalue weighted by atomic mass is 9.92. The first-order valence-corrected chi connectivity index (χ1v) is 19.2. The van der Waals surface area contributed by atoms with Gasteiger partial charge in [0, 0.05) is 35.5 Å². The molecule has 0 bridgehead atoms. The average molecular weight is 781 g/mol. The van der Waals surface area contributed by atoms with E-state index in [9.17, 15) is 39.6 Å². The van der Waals surface area contributed by atoms with Gasteiger partial charge in [0.25, 0.3) is 0 Å². The molecule has 304 valence electrons. The summed E-state index contributed by atoms with van der Waals surface area (Å²) in [4.78, 5) is 50.6. The van der Waals surface area contributed by atoms with Crippen molar-refractivity contribution in [2.24, 2.45) is 0 Å².